The lowest BCUT2D eigenvalue weighted by Gasteiger charge is -2.20. The van der Waals surface area contributed by atoms with Crippen LogP contribution < -0.4 is 5.32 Å². The third-order valence-electron chi connectivity index (χ3n) is 2.84. The maximum absolute atomic E-state index is 5.36. The summed E-state index contributed by atoms with van der Waals surface area (Å²) in [5, 5.41) is 15.2. The summed E-state index contributed by atoms with van der Waals surface area (Å²) in [6.45, 7) is 9.64. The van der Waals surface area contributed by atoms with Crippen molar-refractivity contribution in [2.24, 2.45) is 5.92 Å². The van der Waals surface area contributed by atoms with E-state index in [0.717, 1.165) is 32.0 Å². The summed E-state index contributed by atoms with van der Waals surface area (Å²) in [5.74, 6) is 1.44. The van der Waals surface area contributed by atoms with Gasteiger partial charge in [-0.2, -0.15) is 0 Å². The summed E-state index contributed by atoms with van der Waals surface area (Å²) >= 11 is 0. The predicted octanol–water partition coefficient (Wildman–Crippen LogP) is 0.598. The molecule has 1 N–H and O–H groups in total. The van der Waals surface area contributed by atoms with Gasteiger partial charge < -0.3 is 10.1 Å². The summed E-state index contributed by atoms with van der Waals surface area (Å²) in [6.07, 6.45) is 1.10. The highest BCUT2D eigenvalue weighted by Crippen LogP contribution is 2.14. The highest BCUT2D eigenvalue weighted by molar-refractivity contribution is 4.84. The lowest BCUT2D eigenvalue weighted by Crippen LogP contribution is -2.36. The molecule has 6 nitrogen and oxygen atoms in total. The molecule has 1 fully saturated rings. The van der Waals surface area contributed by atoms with Crippen LogP contribution in [-0.2, 0) is 17.8 Å². The van der Waals surface area contributed by atoms with Gasteiger partial charge in [-0.1, -0.05) is 0 Å². The summed E-state index contributed by atoms with van der Waals surface area (Å²) in [5.41, 5.74) is 0.0766. The Morgan fingerprint density at radius 1 is 1.47 bits per heavy atom. The number of aromatic nitrogens is 4. The summed E-state index contributed by atoms with van der Waals surface area (Å²) < 4.78 is 7.25. The molecule has 1 saturated heterocycles. The van der Waals surface area contributed by atoms with Crippen LogP contribution in [0.5, 0.6) is 0 Å². The minimum Gasteiger partial charge on any atom is -0.381 e. The van der Waals surface area contributed by atoms with Crippen molar-refractivity contribution in [1.82, 2.24) is 25.5 Å². The molecule has 0 saturated carbocycles. The van der Waals surface area contributed by atoms with Crippen molar-refractivity contribution in [1.29, 1.82) is 0 Å². The molecule has 2 heterocycles. The first-order valence-electron chi connectivity index (χ1n) is 6.12. The van der Waals surface area contributed by atoms with Crippen molar-refractivity contribution < 1.29 is 4.74 Å². The Morgan fingerprint density at radius 3 is 2.94 bits per heavy atom. The van der Waals surface area contributed by atoms with Gasteiger partial charge in [0.15, 0.2) is 5.82 Å². The Bertz CT molecular complexity index is 351. The van der Waals surface area contributed by atoms with E-state index in [2.05, 4.69) is 41.6 Å². The van der Waals surface area contributed by atoms with E-state index in [-0.39, 0.29) is 5.54 Å². The average molecular weight is 239 g/mol. The van der Waals surface area contributed by atoms with Gasteiger partial charge in [-0.05, 0) is 37.6 Å². The van der Waals surface area contributed by atoms with Crippen LogP contribution in [0.2, 0.25) is 0 Å². The maximum atomic E-state index is 5.36. The molecule has 1 aliphatic rings. The summed E-state index contributed by atoms with van der Waals surface area (Å²) in [6, 6.07) is 0. The molecule has 6 heteroatoms. The van der Waals surface area contributed by atoms with Crippen LogP contribution in [0.25, 0.3) is 0 Å². The number of hydrogen-bond donors (Lipinski definition) is 1. The molecular weight excluding hydrogens is 218 g/mol. The fourth-order valence-corrected chi connectivity index (χ4v) is 1.81. The van der Waals surface area contributed by atoms with Gasteiger partial charge in [0, 0.05) is 24.6 Å². The molecule has 1 aromatic rings. The molecule has 0 aromatic carbocycles. The van der Waals surface area contributed by atoms with Crippen molar-refractivity contribution in [3.8, 4) is 0 Å². The van der Waals surface area contributed by atoms with Gasteiger partial charge in [0.2, 0.25) is 0 Å². The fraction of sp³-hybridized carbons (Fsp3) is 0.909. The highest BCUT2D eigenvalue weighted by Gasteiger charge is 2.19. The van der Waals surface area contributed by atoms with E-state index in [4.69, 9.17) is 4.74 Å². The molecule has 0 radical (unpaired) electrons. The molecule has 1 atom stereocenters. The zero-order chi connectivity index (χ0) is 12.3. The topological polar surface area (TPSA) is 64.9 Å². The van der Waals surface area contributed by atoms with Crippen LogP contribution in [0, 0.1) is 5.92 Å². The molecule has 0 amide bonds. The molecular formula is C11H21N5O. The molecule has 1 aromatic heterocycles. The van der Waals surface area contributed by atoms with Gasteiger partial charge in [0.1, 0.15) is 0 Å². The van der Waals surface area contributed by atoms with Crippen molar-refractivity contribution in [3.05, 3.63) is 5.82 Å². The van der Waals surface area contributed by atoms with E-state index in [9.17, 15) is 0 Å². The van der Waals surface area contributed by atoms with E-state index in [1.807, 2.05) is 4.68 Å². The molecule has 0 aliphatic carbocycles. The molecule has 2 rings (SSSR count). The van der Waals surface area contributed by atoms with Crippen LogP contribution >= 0.6 is 0 Å². The van der Waals surface area contributed by atoms with E-state index < -0.39 is 0 Å². The molecule has 0 bridgehead atoms. The maximum Gasteiger partial charge on any atom is 0.165 e. The van der Waals surface area contributed by atoms with Crippen LogP contribution in [-0.4, -0.2) is 39.0 Å². The first kappa shape index (κ1) is 12.4. The standard InChI is InChI=1S/C11H21N5O/c1-11(2,3)12-6-10-13-14-15-16(10)7-9-4-5-17-8-9/h9,12H,4-8H2,1-3H3. The van der Waals surface area contributed by atoms with Crippen LogP contribution in [0.3, 0.4) is 0 Å². The first-order valence-corrected chi connectivity index (χ1v) is 6.12. The van der Waals surface area contributed by atoms with Crippen LogP contribution in [0.15, 0.2) is 0 Å². The van der Waals surface area contributed by atoms with Gasteiger partial charge in [-0.25, -0.2) is 4.68 Å². The average Bonchev–Trinajstić information content (AvgIpc) is 2.86. The monoisotopic (exact) mass is 239 g/mol. The Labute approximate surface area is 102 Å². The van der Waals surface area contributed by atoms with Gasteiger partial charge >= 0.3 is 0 Å². The van der Waals surface area contributed by atoms with E-state index >= 15 is 0 Å². The van der Waals surface area contributed by atoms with Crippen molar-refractivity contribution in [3.63, 3.8) is 0 Å². The second kappa shape index (κ2) is 5.10. The number of nitrogens with one attached hydrogen (secondary N) is 1. The lowest BCUT2D eigenvalue weighted by molar-refractivity contribution is 0.181. The molecule has 1 aliphatic heterocycles. The number of ether oxygens (including phenoxy) is 1. The Hall–Kier alpha value is -1.01. The van der Waals surface area contributed by atoms with E-state index in [0.29, 0.717) is 12.5 Å². The molecule has 17 heavy (non-hydrogen) atoms. The second-order valence-electron chi connectivity index (χ2n) is 5.61. The normalized spacial score (nSPS) is 21.0. The Kier molecular flexibility index (Phi) is 3.73. The van der Waals surface area contributed by atoms with Crippen LogP contribution in [0.4, 0.5) is 0 Å². The largest absolute Gasteiger partial charge is 0.381 e. The smallest absolute Gasteiger partial charge is 0.165 e. The van der Waals surface area contributed by atoms with Crippen molar-refractivity contribution in [2.45, 2.75) is 45.8 Å². The second-order valence-corrected chi connectivity index (χ2v) is 5.61. The summed E-state index contributed by atoms with van der Waals surface area (Å²) in [7, 11) is 0. The van der Waals surface area contributed by atoms with Crippen molar-refractivity contribution in [2.75, 3.05) is 13.2 Å². The van der Waals surface area contributed by atoms with Gasteiger partial charge in [0.05, 0.1) is 13.2 Å². The molecule has 96 valence electrons. The molecule has 1 unspecified atom stereocenters. The SMILES string of the molecule is CC(C)(C)NCc1nnnn1CC1CCOC1. The third kappa shape index (κ3) is 3.74. The quantitative estimate of drug-likeness (QED) is 0.833. The first-order chi connectivity index (χ1) is 8.04. The van der Waals surface area contributed by atoms with E-state index in [1.54, 1.807) is 0 Å². The summed E-state index contributed by atoms with van der Waals surface area (Å²) in [4.78, 5) is 0. The Balaban J connectivity index is 1.91. The highest BCUT2D eigenvalue weighted by atomic mass is 16.5. The minimum atomic E-state index is 0.0766. The van der Waals surface area contributed by atoms with Crippen molar-refractivity contribution >= 4 is 0 Å². The number of hydrogen-bond acceptors (Lipinski definition) is 5. The van der Waals surface area contributed by atoms with E-state index in [1.165, 1.54) is 0 Å². The zero-order valence-electron chi connectivity index (χ0n) is 10.8. The van der Waals surface area contributed by atoms with Gasteiger partial charge in [-0.15, -0.1) is 5.10 Å². The fourth-order valence-electron chi connectivity index (χ4n) is 1.81. The molecule has 0 spiro atoms. The Morgan fingerprint density at radius 2 is 2.29 bits per heavy atom. The van der Waals surface area contributed by atoms with Gasteiger partial charge in [0.25, 0.3) is 0 Å². The van der Waals surface area contributed by atoms with Gasteiger partial charge in [-0.3, -0.25) is 0 Å². The lowest BCUT2D eigenvalue weighted by atomic mass is 10.1. The predicted molar refractivity (Wildman–Crippen MR) is 63.3 cm³/mol. The number of rotatable bonds is 4. The van der Waals surface area contributed by atoms with Crippen LogP contribution in [0.1, 0.15) is 33.0 Å². The minimum absolute atomic E-state index is 0.0766. The number of tetrazole rings is 1. The number of nitrogens with zero attached hydrogens (tertiary/aromatic N) is 4. The zero-order valence-corrected chi connectivity index (χ0v) is 10.8. The third-order valence-corrected chi connectivity index (χ3v) is 2.84.